The van der Waals surface area contributed by atoms with Gasteiger partial charge in [0.25, 0.3) is 5.91 Å². The SMILES string of the molecule is CN(C(=O)Nc1ccc(C(N)=O)c(F)c1)[C@H]1CCc2ccccc2C1. The normalized spacial score (nSPS) is 16.0. The summed E-state index contributed by atoms with van der Waals surface area (Å²) in [4.78, 5) is 25.2. The maximum atomic E-state index is 13.8. The first-order valence-corrected chi connectivity index (χ1v) is 8.15. The fourth-order valence-corrected chi connectivity index (χ4v) is 3.18. The van der Waals surface area contributed by atoms with Crippen LogP contribution in [0.1, 0.15) is 27.9 Å². The molecule has 5 nitrogen and oxygen atoms in total. The van der Waals surface area contributed by atoms with Crippen LogP contribution in [0.25, 0.3) is 0 Å². The van der Waals surface area contributed by atoms with Crippen LogP contribution in [0.5, 0.6) is 0 Å². The van der Waals surface area contributed by atoms with Crippen LogP contribution in [-0.4, -0.2) is 29.9 Å². The van der Waals surface area contributed by atoms with E-state index in [1.165, 1.54) is 23.3 Å². The van der Waals surface area contributed by atoms with Crippen molar-refractivity contribution in [3.8, 4) is 0 Å². The molecule has 0 saturated carbocycles. The van der Waals surface area contributed by atoms with Crippen molar-refractivity contribution in [1.29, 1.82) is 0 Å². The Morgan fingerprint density at radius 1 is 1.20 bits per heavy atom. The topological polar surface area (TPSA) is 75.4 Å². The van der Waals surface area contributed by atoms with Gasteiger partial charge in [-0.2, -0.15) is 0 Å². The number of carbonyl (C=O) groups excluding carboxylic acids is 2. The molecule has 0 saturated heterocycles. The maximum absolute atomic E-state index is 13.8. The third-order valence-electron chi connectivity index (χ3n) is 4.67. The fourth-order valence-electron chi connectivity index (χ4n) is 3.18. The smallest absolute Gasteiger partial charge is 0.321 e. The van der Waals surface area contributed by atoms with Crippen molar-refractivity contribution >= 4 is 17.6 Å². The molecule has 0 spiro atoms. The van der Waals surface area contributed by atoms with E-state index in [0.717, 1.165) is 25.3 Å². The highest BCUT2D eigenvalue weighted by molar-refractivity contribution is 5.94. The second-order valence-corrected chi connectivity index (χ2v) is 6.27. The molecule has 1 aliphatic rings. The van der Waals surface area contributed by atoms with Gasteiger partial charge in [-0.05, 0) is 48.6 Å². The Kier molecular flexibility index (Phi) is 4.70. The van der Waals surface area contributed by atoms with Crippen molar-refractivity contribution < 1.29 is 14.0 Å². The molecule has 1 atom stereocenters. The number of urea groups is 1. The molecule has 0 radical (unpaired) electrons. The number of nitrogens with zero attached hydrogens (tertiary/aromatic N) is 1. The minimum atomic E-state index is -0.839. The Labute approximate surface area is 145 Å². The Bertz CT molecular complexity index is 822. The number of anilines is 1. The summed E-state index contributed by atoms with van der Waals surface area (Å²) in [5, 5.41) is 2.66. The van der Waals surface area contributed by atoms with Gasteiger partial charge >= 0.3 is 6.03 Å². The van der Waals surface area contributed by atoms with E-state index in [1.54, 1.807) is 11.9 Å². The summed E-state index contributed by atoms with van der Waals surface area (Å²) in [6.45, 7) is 0. The molecule has 2 aromatic carbocycles. The molecule has 6 heteroatoms. The summed E-state index contributed by atoms with van der Waals surface area (Å²) in [5.41, 5.74) is 7.75. The number of aryl methyl sites for hydroxylation is 1. The molecule has 0 unspecified atom stereocenters. The molecule has 25 heavy (non-hydrogen) atoms. The Hall–Kier alpha value is -2.89. The number of fused-ring (bicyclic) bond motifs is 1. The van der Waals surface area contributed by atoms with E-state index in [-0.39, 0.29) is 23.3 Å². The van der Waals surface area contributed by atoms with Crippen molar-refractivity contribution in [3.63, 3.8) is 0 Å². The maximum Gasteiger partial charge on any atom is 0.321 e. The molecule has 0 fully saturated rings. The molecule has 130 valence electrons. The molecule has 0 aliphatic heterocycles. The van der Waals surface area contributed by atoms with Gasteiger partial charge in [0, 0.05) is 18.8 Å². The van der Waals surface area contributed by atoms with Crippen molar-refractivity contribution in [2.24, 2.45) is 5.73 Å². The highest BCUT2D eigenvalue weighted by Gasteiger charge is 2.25. The number of nitrogens with one attached hydrogen (secondary N) is 1. The van der Waals surface area contributed by atoms with Crippen molar-refractivity contribution in [2.75, 3.05) is 12.4 Å². The van der Waals surface area contributed by atoms with Gasteiger partial charge in [0.2, 0.25) is 0 Å². The van der Waals surface area contributed by atoms with E-state index in [1.807, 2.05) is 12.1 Å². The van der Waals surface area contributed by atoms with E-state index in [9.17, 15) is 14.0 Å². The zero-order chi connectivity index (χ0) is 18.0. The molecular weight excluding hydrogens is 321 g/mol. The second kappa shape index (κ2) is 6.93. The van der Waals surface area contributed by atoms with Gasteiger partial charge in [0.15, 0.2) is 0 Å². The van der Waals surface area contributed by atoms with Crippen LogP contribution >= 0.6 is 0 Å². The van der Waals surface area contributed by atoms with Crippen LogP contribution in [0.2, 0.25) is 0 Å². The summed E-state index contributed by atoms with van der Waals surface area (Å²) < 4.78 is 13.8. The Balaban J connectivity index is 1.67. The number of carbonyl (C=O) groups is 2. The molecule has 3 N–H and O–H groups in total. The van der Waals surface area contributed by atoms with E-state index < -0.39 is 11.7 Å². The number of hydrogen-bond acceptors (Lipinski definition) is 2. The van der Waals surface area contributed by atoms with Crippen molar-refractivity contribution in [3.05, 3.63) is 65.0 Å². The number of hydrogen-bond donors (Lipinski definition) is 2. The summed E-state index contributed by atoms with van der Waals surface area (Å²) in [6, 6.07) is 11.8. The third-order valence-corrected chi connectivity index (χ3v) is 4.67. The highest BCUT2D eigenvalue weighted by Crippen LogP contribution is 2.24. The molecule has 0 bridgehead atoms. The Morgan fingerprint density at radius 3 is 2.60 bits per heavy atom. The van der Waals surface area contributed by atoms with Crippen molar-refractivity contribution in [1.82, 2.24) is 4.90 Å². The van der Waals surface area contributed by atoms with E-state index in [0.29, 0.717) is 0 Å². The molecule has 2 aromatic rings. The predicted molar refractivity (Wildman–Crippen MR) is 94.0 cm³/mol. The van der Waals surface area contributed by atoms with Gasteiger partial charge in [-0.25, -0.2) is 9.18 Å². The number of primary amides is 1. The predicted octanol–water partition coefficient (Wildman–Crippen LogP) is 2.95. The summed E-state index contributed by atoms with van der Waals surface area (Å²) in [6.07, 6.45) is 2.62. The van der Waals surface area contributed by atoms with Gasteiger partial charge in [-0.3, -0.25) is 4.79 Å². The second-order valence-electron chi connectivity index (χ2n) is 6.27. The van der Waals surface area contributed by atoms with Gasteiger partial charge in [0.1, 0.15) is 5.82 Å². The average molecular weight is 341 g/mol. The average Bonchev–Trinajstić information content (AvgIpc) is 2.60. The number of rotatable bonds is 3. The first kappa shape index (κ1) is 17.0. The summed E-state index contributed by atoms with van der Waals surface area (Å²) in [5.74, 6) is -1.59. The van der Waals surface area contributed by atoms with E-state index in [4.69, 9.17) is 5.73 Å². The number of amides is 3. The molecule has 0 heterocycles. The lowest BCUT2D eigenvalue weighted by Crippen LogP contribution is -2.42. The minimum absolute atomic E-state index is 0.0876. The van der Waals surface area contributed by atoms with Gasteiger partial charge in [0.05, 0.1) is 5.56 Å². The number of likely N-dealkylation sites (N-methyl/N-ethyl adjacent to an activating group) is 1. The lowest BCUT2D eigenvalue weighted by Gasteiger charge is -2.32. The lowest BCUT2D eigenvalue weighted by atomic mass is 9.88. The van der Waals surface area contributed by atoms with Crippen LogP contribution in [0.15, 0.2) is 42.5 Å². The molecule has 1 aliphatic carbocycles. The van der Waals surface area contributed by atoms with Crippen LogP contribution in [-0.2, 0) is 12.8 Å². The van der Waals surface area contributed by atoms with E-state index in [2.05, 4.69) is 17.4 Å². The lowest BCUT2D eigenvalue weighted by molar-refractivity contribution is 0.0996. The first-order chi connectivity index (χ1) is 12.0. The van der Waals surface area contributed by atoms with Crippen LogP contribution in [0.4, 0.5) is 14.9 Å². The standard InChI is InChI=1S/C19H20FN3O2/c1-23(15-8-6-12-4-2-3-5-13(12)10-15)19(25)22-14-7-9-16(18(21)24)17(20)11-14/h2-5,7,9,11,15H,6,8,10H2,1H3,(H2,21,24)(H,22,25)/t15-/m0/s1. The van der Waals surface area contributed by atoms with Crippen LogP contribution < -0.4 is 11.1 Å². The van der Waals surface area contributed by atoms with Gasteiger partial charge in [-0.15, -0.1) is 0 Å². The fraction of sp³-hybridized carbons (Fsp3) is 0.263. The summed E-state index contributed by atoms with van der Waals surface area (Å²) in [7, 11) is 1.74. The van der Waals surface area contributed by atoms with Crippen molar-refractivity contribution in [2.45, 2.75) is 25.3 Å². The van der Waals surface area contributed by atoms with Gasteiger partial charge < -0.3 is 16.0 Å². The van der Waals surface area contributed by atoms with Crippen LogP contribution in [0.3, 0.4) is 0 Å². The van der Waals surface area contributed by atoms with Crippen LogP contribution in [0, 0.1) is 5.82 Å². The zero-order valence-electron chi connectivity index (χ0n) is 14.0. The number of nitrogens with two attached hydrogens (primary N) is 1. The van der Waals surface area contributed by atoms with Gasteiger partial charge in [-0.1, -0.05) is 24.3 Å². The summed E-state index contributed by atoms with van der Waals surface area (Å²) >= 11 is 0. The monoisotopic (exact) mass is 341 g/mol. The quantitative estimate of drug-likeness (QED) is 0.900. The first-order valence-electron chi connectivity index (χ1n) is 8.15. The zero-order valence-corrected chi connectivity index (χ0v) is 14.0. The number of benzene rings is 2. The Morgan fingerprint density at radius 2 is 1.92 bits per heavy atom. The molecule has 3 rings (SSSR count). The van der Waals surface area contributed by atoms with E-state index >= 15 is 0 Å². The minimum Gasteiger partial charge on any atom is -0.366 e. The number of halogens is 1. The highest BCUT2D eigenvalue weighted by atomic mass is 19.1. The molecule has 0 aromatic heterocycles. The third kappa shape index (κ3) is 3.63. The molecular formula is C19H20FN3O2. The molecule has 3 amide bonds. The largest absolute Gasteiger partial charge is 0.366 e.